The lowest BCUT2D eigenvalue weighted by Crippen LogP contribution is -2.43. The molecule has 0 bridgehead atoms. The molecule has 0 radical (unpaired) electrons. The largest absolute Gasteiger partial charge is 0.478 e. The molecule has 1 aromatic rings. The molecule has 0 fully saturated rings. The summed E-state index contributed by atoms with van der Waals surface area (Å²) in [6.07, 6.45) is 2.46. The predicted molar refractivity (Wildman–Crippen MR) is 65.3 cm³/mol. The van der Waals surface area contributed by atoms with Gasteiger partial charge in [0.05, 0.1) is 12.4 Å². The summed E-state index contributed by atoms with van der Waals surface area (Å²) in [7, 11) is 1.43. The Morgan fingerprint density at radius 1 is 1.39 bits per heavy atom. The summed E-state index contributed by atoms with van der Waals surface area (Å²) in [5.74, 6) is -0.0186. The van der Waals surface area contributed by atoms with Crippen LogP contribution in [-0.4, -0.2) is 34.9 Å². The van der Waals surface area contributed by atoms with Gasteiger partial charge in [0.25, 0.3) is 5.91 Å². The number of urea groups is 1. The van der Waals surface area contributed by atoms with Crippen LogP contribution in [0.25, 0.3) is 0 Å². The minimum Gasteiger partial charge on any atom is -0.478 e. The van der Waals surface area contributed by atoms with Gasteiger partial charge >= 0.3 is 6.03 Å². The summed E-state index contributed by atoms with van der Waals surface area (Å²) in [4.78, 5) is 22.5. The molecule has 3 amide bonds. The number of ether oxygens (including phenoxy) is 1. The van der Waals surface area contributed by atoms with Crippen LogP contribution in [-0.2, 0) is 4.79 Å². The Labute approximate surface area is 105 Å². The number of rotatable bonds is 4. The SMILES string of the molecule is CNC(=O)NC(=O)C(C)Oc1cnn(C(C)C)c1. The molecule has 1 unspecified atom stereocenters. The van der Waals surface area contributed by atoms with Gasteiger partial charge < -0.3 is 10.1 Å². The number of carbonyl (C=O) groups is 2. The molecule has 1 rings (SSSR count). The number of nitrogens with one attached hydrogen (secondary N) is 2. The fourth-order valence-electron chi connectivity index (χ4n) is 1.20. The summed E-state index contributed by atoms with van der Waals surface area (Å²) in [6.45, 7) is 5.53. The molecule has 7 heteroatoms. The van der Waals surface area contributed by atoms with Gasteiger partial charge in [-0.2, -0.15) is 5.10 Å². The van der Waals surface area contributed by atoms with Crippen molar-refractivity contribution in [2.24, 2.45) is 0 Å². The number of nitrogens with zero attached hydrogens (tertiary/aromatic N) is 2. The lowest BCUT2D eigenvalue weighted by molar-refractivity contribution is -0.126. The lowest BCUT2D eigenvalue weighted by Gasteiger charge is -2.12. The number of amides is 3. The average molecular weight is 254 g/mol. The Kier molecular flexibility index (Phi) is 4.70. The van der Waals surface area contributed by atoms with Crippen molar-refractivity contribution in [3.63, 3.8) is 0 Å². The molecular formula is C11H18N4O3. The van der Waals surface area contributed by atoms with Crippen LogP contribution < -0.4 is 15.4 Å². The highest BCUT2D eigenvalue weighted by Gasteiger charge is 2.17. The minimum absolute atomic E-state index is 0.220. The van der Waals surface area contributed by atoms with Crippen molar-refractivity contribution in [2.75, 3.05) is 7.05 Å². The maximum absolute atomic E-state index is 11.5. The fourth-order valence-corrected chi connectivity index (χ4v) is 1.20. The first kappa shape index (κ1) is 14.0. The number of carbonyl (C=O) groups excluding carboxylic acids is 2. The van der Waals surface area contributed by atoms with Crippen molar-refractivity contribution < 1.29 is 14.3 Å². The van der Waals surface area contributed by atoms with Crippen molar-refractivity contribution in [1.82, 2.24) is 20.4 Å². The molecule has 0 aliphatic rings. The quantitative estimate of drug-likeness (QED) is 0.827. The summed E-state index contributed by atoms with van der Waals surface area (Å²) < 4.78 is 7.10. The maximum atomic E-state index is 11.5. The van der Waals surface area contributed by atoms with Crippen LogP contribution in [0.15, 0.2) is 12.4 Å². The number of hydrogen-bond acceptors (Lipinski definition) is 4. The van der Waals surface area contributed by atoms with E-state index in [9.17, 15) is 9.59 Å². The Bertz CT molecular complexity index is 428. The molecule has 18 heavy (non-hydrogen) atoms. The van der Waals surface area contributed by atoms with E-state index in [4.69, 9.17) is 4.74 Å². The second-order valence-corrected chi connectivity index (χ2v) is 4.08. The van der Waals surface area contributed by atoms with E-state index in [1.165, 1.54) is 13.2 Å². The van der Waals surface area contributed by atoms with Crippen molar-refractivity contribution in [2.45, 2.75) is 32.9 Å². The average Bonchev–Trinajstić information content (AvgIpc) is 2.77. The van der Waals surface area contributed by atoms with Crippen LogP contribution in [0.2, 0.25) is 0 Å². The van der Waals surface area contributed by atoms with E-state index in [0.29, 0.717) is 5.75 Å². The highest BCUT2D eigenvalue weighted by Crippen LogP contribution is 2.13. The predicted octanol–water partition coefficient (Wildman–Crippen LogP) is 0.687. The summed E-state index contributed by atoms with van der Waals surface area (Å²) >= 11 is 0. The highest BCUT2D eigenvalue weighted by atomic mass is 16.5. The van der Waals surface area contributed by atoms with Gasteiger partial charge in [0.2, 0.25) is 0 Å². The normalized spacial score (nSPS) is 12.1. The molecule has 7 nitrogen and oxygen atoms in total. The molecule has 1 aromatic heterocycles. The van der Waals surface area contributed by atoms with Gasteiger partial charge in [-0.15, -0.1) is 0 Å². The zero-order valence-corrected chi connectivity index (χ0v) is 10.9. The maximum Gasteiger partial charge on any atom is 0.321 e. The van der Waals surface area contributed by atoms with E-state index in [2.05, 4.69) is 15.7 Å². The van der Waals surface area contributed by atoms with Gasteiger partial charge in [0.1, 0.15) is 0 Å². The molecule has 0 saturated heterocycles. The number of aromatic nitrogens is 2. The Hall–Kier alpha value is -2.05. The van der Waals surface area contributed by atoms with Crippen molar-refractivity contribution in [3.8, 4) is 5.75 Å². The first-order valence-electron chi connectivity index (χ1n) is 5.67. The van der Waals surface area contributed by atoms with E-state index in [1.54, 1.807) is 17.8 Å². The summed E-state index contributed by atoms with van der Waals surface area (Å²) in [6, 6.07) is -0.342. The van der Waals surface area contributed by atoms with Crippen molar-refractivity contribution in [3.05, 3.63) is 12.4 Å². The monoisotopic (exact) mass is 254 g/mol. The van der Waals surface area contributed by atoms with E-state index in [0.717, 1.165) is 0 Å². The minimum atomic E-state index is -0.771. The standard InChI is InChI=1S/C11H18N4O3/c1-7(2)15-6-9(5-13-15)18-8(3)10(16)14-11(17)12-4/h5-8H,1-4H3,(H2,12,14,16,17). The summed E-state index contributed by atoms with van der Waals surface area (Å²) in [5.41, 5.74) is 0. The van der Waals surface area contributed by atoms with E-state index < -0.39 is 18.0 Å². The molecule has 0 aromatic carbocycles. The molecule has 0 saturated carbocycles. The Morgan fingerprint density at radius 2 is 2.06 bits per heavy atom. The molecule has 1 atom stereocenters. The van der Waals surface area contributed by atoms with Crippen LogP contribution in [0.4, 0.5) is 4.79 Å². The van der Waals surface area contributed by atoms with Crippen LogP contribution in [0, 0.1) is 0 Å². The second kappa shape index (κ2) is 6.04. The van der Waals surface area contributed by atoms with Crippen molar-refractivity contribution >= 4 is 11.9 Å². The van der Waals surface area contributed by atoms with Gasteiger partial charge in [-0.3, -0.25) is 14.8 Å². The van der Waals surface area contributed by atoms with E-state index >= 15 is 0 Å². The zero-order valence-electron chi connectivity index (χ0n) is 10.9. The number of hydrogen-bond donors (Lipinski definition) is 2. The van der Waals surface area contributed by atoms with Gasteiger partial charge in [-0.1, -0.05) is 0 Å². The van der Waals surface area contributed by atoms with Gasteiger partial charge in [-0.05, 0) is 20.8 Å². The van der Waals surface area contributed by atoms with Gasteiger partial charge in [-0.25, -0.2) is 4.79 Å². The smallest absolute Gasteiger partial charge is 0.321 e. The van der Waals surface area contributed by atoms with Crippen LogP contribution in [0.3, 0.4) is 0 Å². The molecule has 0 spiro atoms. The third-order valence-electron chi connectivity index (χ3n) is 2.25. The molecule has 100 valence electrons. The molecule has 0 aliphatic carbocycles. The topological polar surface area (TPSA) is 85.2 Å². The van der Waals surface area contributed by atoms with Crippen LogP contribution in [0.1, 0.15) is 26.8 Å². The Morgan fingerprint density at radius 3 is 2.56 bits per heavy atom. The molecular weight excluding hydrogens is 236 g/mol. The van der Waals surface area contributed by atoms with Gasteiger partial charge in [0, 0.05) is 13.1 Å². The zero-order chi connectivity index (χ0) is 13.7. The third-order valence-corrected chi connectivity index (χ3v) is 2.25. The molecule has 2 N–H and O–H groups in total. The molecule has 1 heterocycles. The lowest BCUT2D eigenvalue weighted by atomic mass is 10.4. The van der Waals surface area contributed by atoms with Crippen LogP contribution >= 0.6 is 0 Å². The summed E-state index contributed by atoms with van der Waals surface area (Å²) in [5, 5.41) is 8.51. The second-order valence-electron chi connectivity index (χ2n) is 4.08. The highest BCUT2D eigenvalue weighted by molar-refractivity contribution is 5.96. The third kappa shape index (κ3) is 3.76. The molecule has 0 aliphatic heterocycles. The van der Waals surface area contributed by atoms with E-state index in [-0.39, 0.29) is 6.04 Å². The Balaban J connectivity index is 2.55. The van der Waals surface area contributed by atoms with E-state index in [1.807, 2.05) is 13.8 Å². The van der Waals surface area contributed by atoms with Crippen molar-refractivity contribution in [1.29, 1.82) is 0 Å². The first-order chi connectivity index (χ1) is 8.43. The number of imide groups is 1. The van der Waals surface area contributed by atoms with Crippen LogP contribution in [0.5, 0.6) is 5.75 Å². The first-order valence-corrected chi connectivity index (χ1v) is 5.67. The fraction of sp³-hybridized carbons (Fsp3) is 0.545. The van der Waals surface area contributed by atoms with Gasteiger partial charge in [0.15, 0.2) is 11.9 Å².